The zero-order valence-corrected chi connectivity index (χ0v) is 9.29. The molecule has 2 heterocycles. The molecule has 0 fully saturated rings. The van der Waals surface area contributed by atoms with Crippen LogP contribution < -0.4 is 0 Å². The van der Waals surface area contributed by atoms with E-state index in [2.05, 4.69) is 15.5 Å². The van der Waals surface area contributed by atoms with Gasteiger partial charge in [0.25, 0.3) is 0 Å². The average molecular weight is 230 g/mol. The van der Waals surface area contributed by atoms with E-state index < -0.39 is 0 Å². The number of hydrogen-bond acceptors (Lipinski definition) is 4. The largest absolute Gasteiger partial charge is 0.201 e. The number of aromatic nitrogens is 4. The predicted molar refractivity (Wildman–Crippen MR) is 63.5 cm³/mol. The monoisotopic (exact) mass is 230 g/mol. The fraction of sp³-hybridized carbons (Fsp3) is 0. The van der Waals surface area contributed by atoms with Crippen molar-refractivity contribution in [1.82, 2.24) is 20.2 Å². The fourth-order valence-corrected chi connectivity index (χ4v) is 1.54. The smallest absolute Gasteiger partial charge is 0.143 e. The van der Waals surface area contributed by atoms with Gasteiger partial charge in [-0.05, 0) is 33.3 Å². The number of tetrazole rings is 1. The third-order valence-electron chi connectivity index (χ3n) is 1.80. The Balaban J connectivity index is 0.000000162. The number of benzene rings is 1. The third-order valence-corrected chi connectivity index (χ3v) is 2.42. The molecule has 4 nitrogen and oxygen atoms in total. The van der Waals surface area contributed by atoms with Crippen LogP contribution in [-0.2, 0) is 0 Å². The van der Waals surface area contributed by atoms with Crippen molar-refractivity contribution in [3.8, 4) is 5.69 Å². The van der Waals surface area contributed by atoms with Crippen molar-refractivity contribution >= 4 is 11.3 Å². The molecule has 0 unspecified atom stereocenters. The van der Waals surface area contributed by atoms with Crippen molar-refractivity contribution in [3.63, 3.8) is 0 Å². The number of rotatable bonds is 1. The molecule has 2 aromatic heterocycles. The summed E-state index contributed by atoms with van der Waals surface area (Å²) in [5, 5.41) is 14.9. The Morgan fingerprint density at radius 1 is 0.938 bits per heavy atom. The average Bonchev–Trinajstić information content (AvgIpc) is 3.07. The molecule has 5 heteroatoms. The highest BCUT2D eigenvalue weighted by Crippen LogP contribution is 2.01. The van der Waals surface area contributed by atoms with Crippen molar-refractivity contribution in [2.45, 2.75) is 0 Å². The van der Waals surface area contributed by atoms with E-state index in [1.54, 1.807) is 22.3 Å². The van der Waals surface area contributed by atoms with Crippen LogP contribution in [0.15, 0.2) is 59.6 Å². The molecule has 80 valence electrons. The van der Waals surface area contributed by atoms with E-state index in [1.807, 2.05) is 53.2 Å². The van der Waals surface area contributed by atoms with E-state index in [0.29, 0.717) is 0 Å². The van der Waals surface area contributed by atoms with Crippen LogP contribution in [0.2, 0.25) is 0 Å². The van der Waals surface area contributed by atoms with Crippen molar-refractivity contribution in [2.75, 3.05) is 0 Å². The first kappa shape index (κ1) is 10.5. The highest BCUT2D eigenvalue weighted by Gasteiger charge is 1.92. The molecule has 0 aliphatic rings. The summed E-state index contributed by atoms with van der Waals surface area (Å²) in [6, 6.07) is 13.8. The van der Waals surface area contributed by atoms with Gasteiger partial charge in [-0.1, -0.05) is 30.3 Å². The maximum absolute atomic E-state index is 3.74. The second kappa shape index (κ2) is 5.77. The molecule has 3 aromatic rings. The van der Waals surface area contributed by atoms with E-state index in [4.69, 9.17) is 0 Å². The molecule has 0 saturated heterocycles. The Hall–Kier alpha value is -2.01. The molecule has 0 atom stereocenters. The topological polar surface area (TPSA) is 43.6 Å². The van der Waals surface area contributed by atoms with E-state index in [1.165, 1.54) is 0 Å². The summed E-state index contributed by atoms with van der Waals surface area (Å²) in [6.45, 7) is 0. The van der Waals surface area contributed by atoms with E-state index in [0.717, 1.165) is 5.69 Å². The second-order valence-corrected chi connectivity index (χ2v) is 3.70. The highest BCUT2D eigenvalue weighted by atomic mass is 32.1. The Morgan fingerprint density at radius 3 is 2.19 bits per heavy atom. The van der Waals surface area contributed by atoms with E-state index in [-0.39, 0.29) is 0 Å². The molecule has 3 rings (SSSR count). The Labute approximate surface area is 97.2 Å². The summed E-state index contributed by atoms with van der Waals surface area (Å²) in [5.41, 5.74) is 0.970. The molecule has 16 heavy (non-hydrogen) atoms. The maximum Gasteiger partial charge on any atom is 0.143 e. The summed E-state index contributed by atoms with van der Waals surface area (Å²) < 4.78 is 1.61. The molecule has 0 N–H and O–H groups in total. The molecule has 0 amide bonds. The fourth-order valence-electron chi connectivity index (χ4n) is 1.09. The Kier molecular flexibility index (Phi) is 3.79. The number of hydrogen-bond donors (Lipinski definition) is 0. The van der Waals surface area contributed by atoms with E-state index >= 15 is 0 Å². The van der Waals surface area contributed by atoms with Gasteiger partial charge in [-0.15, -0.1) is 5.10 Å². The highest BCUT2D eigenvalue weighted by molar-refractivity contribution is 7.07. The van der Waals surface area contributed by atoms with Gasteiger partial charge in [0.05, 0.1) is 5.69 Å². The lowest BCUT2D eigenvalue weighted by atomic mass is 10.3. The number of thiophene rings is 1. The van der Waals surface area contributed by atoms with Crippen molar-refractivity contribution in [3.05, 3.63) is 59.6 Å². The zero-order chi connectivity index (χ0) is 11.1. The van der Waals surface area contributed by atoms with Crippen LogP contribution >= 0.6 is 11.3 Å². The van der Waals surface area contributed by atoms with Gasteiger partial charge in [-0.2, -0.15) is 11.3 Å². The van der Waals surface area contributed by atoms with Crippen LogP contribution in [-0.4, -0.2) is 20.2 Å². The molecule has 0 saturated carbocycles. The predicted octanol–water partition coefficient (Wildman–Crippen LogP) is 2.41. The van der Waals surface area contributed by atoms with Gasteiger partial charge in [-0.25, -0.2) is 4.68 Å². The van der Waals surface area contributed by atoms with E-state index in [9.17, 15) is 0 Å². The lowest BCUT2D eigenvalue weighted by Gasteiger charge is -1.94. The number of para-hydroxylation sites is 1. The minimum atomic E-state index is 0.970. The Morgan fingerprint density at radius 2 is 1.69 bits per heavy atom. The molecule has 0 spiro atoms. The van der Waals surface area contributed by atoms with Crippen LogP contribution in [0.4, 0.5) is 0 Å². The van der Waals surface area contributed by atoms with Crippen LogP contribution in [0, 0.1) is 0 Å². The Bertz CT molecular complexity index is 459. The molecule has 0 radical (unpaired) electrons. The molecule has 1 aromatic carbocycles. The standard InChI is InChI=1S/C7H6N4.C4H4S/c1-2-4-7(5-3-1)11-6-8-9-10-11;1-2-4-5-3-1/h1-6H;1-4H. The molecule has 0 bridgehead atoms. The van der Waals surface area contributed by atoms with Gasteiger partial charge in [0.2, 0.25) is 0 Å². The molecular formula is C11H10N4S. The second-order valence-electron chi connectivity index (χ2n) is 2.88. The normalized spacial score (nSPS) is 9.25. The summed E-state index contributed by atoms with van der Waals surface area (Å²) in [5.74, 6) is 0. The summed E-state index contributed by atoms with van der Waals surface area (Å²) in [4.78, 5) is 0. The molecule has 0 aliphatic heterocycles. The summed E-state index contributed by atoms with van der Waals surface area (Å²) in [6.07, 6.45) is 1.56. The van der Waals surface area contributed by atoms with Crippen LogP contribution in [0.25, 0.3) is 5.69 Å². The molecular weight excluding hydrogens is 220 g/mol. The lowest BCUT2D eigenvalue weighted by molar-refractivity contribution is 0.789. The van der Waals surface area contributed by atoms with Gasteiger partial charge >= 0.3 is 0 Å². The lowest BCUT2D eigenvalue weighted by Crippen LogP contribution is -1.93. The van der Waals surface area contributed by atoms with Gasteiger partial charge < -0.3 is 0 Å². The minimum Gasteiger partial charge on any atom is -0.201 e. The van der Waals surface area contributed by atoms with Crippen LogP contribution in [0.1, 0.15) is 0 Å². The SMILES string of the molecule is c1ccc(-n2cnnn2)cc1.c1ccsc1. The molecule has 0 aliphatic carbocycles. The first-order valence-corrected chi connectivity index (χ1v) is 5.66. The number of nitrogens with zero attached hydrogens (tertiary/aromatic N) is 4. The summed E-state index contributed by atoms with van der Waals surface area (Å²) >= 11 is 1.71. The van der Waals surface area contributed by atoms with Crippen molar-refractivity contribution in [1.29, 1.82) is 0 Å². The quantitative estimate of drug-likeness (QED) is 0.644. The van der Waals surface area contributed by atoms with Gasteiger partial charge in [-0.3, -0.25) is 0 Å². The van der Waals surface area contributed by atoms with Gasteiger partial charge in [0.15, 0.2) is 0 Å². The van der Waals surface area contributed by atoms with Gasteiger partial charge in [0.1, 0.15) is 6.33 Å². The van der Waals surface area contributed by atoms with Crippen LogP contribution in [0.5, 0.6) is 0 Å². The maximum atomic E-state index is 3.74. The first-order chi connectivity index (χ1) is 7.97. The first-order valence-electron chi connectivity index (χ1n) is 4.72. The minimum absolute atomic E-state index is 0.970. The van der Waals surface area contributed by atoms with Crippen LogP contribution in [0.3, 0.4) is 0 Å². The van der Waals surface area contributed by atoms with Crippen molar-refractivity contribution in [2.24, 2.45) is 0 Å². The zero-order valence-electron chi connectivity index (χ0n) is 8.47. The summed E-state index contributed by atoms with van der Waals surface area (Å²) in [7, 11) is 0. The van der Waals surface area contributed by atoms with Gasteiger partial charge in [0, 0.05) is 0 Å². The van der Waals surface area contributed by atoms with Crippen molar-refractivity contribution < 1.29 is 0 Å². The third kappa shape index (κ3) is 2.99.